The number of carbonyl (C=O) groups is 4. The van der Waals surface area contributed by atoms with Gasteiger partial charge in [-0.05, 0) is 56.2 Å². The fourth-order valence-corrected chi connectivity index (χ4v) is 4.07. The molecule has 3 amide bonds. The van der Waals surface area contributed by atoms with Crippen LogP contribution in [0.25, 0.3) is 0 Å². The van der Waals surface area contributed by atoms with Crippen molar-refractivity contribution in [3.63, 3.8) is 0 Å². The van der Waals surface area contributed by atoms with Gasteiger partial charge in [-0.1, -0.05) is 26.0 Å². The molecule has 1 aromatic carbocycles. The Labute approximate surface area is 204 Å². The Bertz CT molecular complexity index is 904. The van der Waals surface area contributed by atoms with Crippen molar-refractivity contribution in [3.8, 4) is 5.75 Å². The minimum atomic E-state index is -1.33. The zero-order chi connectivity index (χ0) is 26.3. The monoisotopic (exact) mass is 492 g/mol. The lowest BCUT2D eigenvalue weighted by atomic mass is 10.0. The molecule has 7 N–H and O–H groups in total. The average Bonchev–Trinajstić information content (AvgIpc) is 3.27. The fourth-order valence-electron chi connectivity index (χ4n) is 4.07. The van der Waals surface area contributed by atoms with E-state index in [9.17, 15) is 34.5 Å². The van der Waals surface area contributed by atoms with Crippen LogP contribution < -0.4 is 16.4 Å². The second-order valence-corrected chi connectivity index (χ2v) is 9.42. The first-order valence-corrected chi connectivity index (χ1v) is 11.8. The maximum Gasteiger partial charge on any atom is 0.326 e. The molecule has 0 aromatic heterocycles. The van der Waals surface area contributed by atoms with E-state index in [2.05, 4.69) is 10.6 Å². The predicted octanol–water partition coefficient (Wildman–Crippen LogP) is -0.266. The van der Waals surface area contributed by atoms with Crippen LogP contribution in [0.3, 0.4) is 0 Å². The summed E-state index contributed by atoms with van der Waals surface area (Å²) < 4.78 is 0. The highest BCUT2D eigenvalue weighted by molar-refractivity contribution is 5.94. The number of carboxylic acids is 1. The van der Waals surface area contributed by atoms with E-state index in [1.165, 1.54) is 24.0 Å². The molecular formula is C24H36N4O7. The van der Waals surface area contributed by atoms with Gasteiger partial charge >= 0.3 is 5.97 Å². The Balaban J connectivity index is 2.07. The van der Waals surface area contributed by atoms with Gasteiger partial charge < -0.3 is 36.6 Å². The van der Waals surface area contributed by atoms with Crippen molar-refractivity contribution in [2.45, 2.75) is 76.7 Å². The summed E-state index contributed by atoms with van der Waals surface area (Å²) in [5.74, 6) is -2.91. The van der Waals surface area contributed by atoms with Crippen LogP contribution in [-0.2, 0) is 25.6 Å². The Morgan fingerprint density at radius 3 is 2.29 bits per heavy atom. The van der Waals surface area contributed by atoms with Crippen LogP contribution in [0.5, 0.6) is 5.75 Å². The standard InChI is InChI=1S/C24H36N4O7/c1-13(2)11-18(24(34)35)26-22(32)19-5-4-10-28(19)23(33)20(14(3)29)27-21(31)17(25)12-15-6-8-16(30)9-7-15/h6-9,13-14,17-20,29-30H,4-5,10-12,25H2,1-3H3,(H,26,32)(H,27,31)(H,34,35). The molecule has 35 heavy (non-hydrogen) atoms. The summed E-state index contributed by atoms with van der Waals surface area (Å²) in [5.41, 5.74) is 6.69. The van der Waals surface area contributed by atoms with Crippen LogP contribution in [0.15, 0.2) is 24.3 Å². The SMILES string of the molecule is CC(C)CC(NC(=O)C1CCCN1C(=O)C(NC(=O)C(N)Cc1ccc(O)cc1)C(C)O)C(=O)O. The Hall–Kier alpha value is -3.18. The molecule has 0 radical (unpaired) electrons. The van der Waals surface area contributed by atoms with Crippen molar-refractivity contribution >= 4 is 23.7 Å². The molecule has 194 valence electrons. The van der Waals surface area contributed by atoms with E-state index < -0.39 is 54.0 Å². The number of carboxylic acid groups (broad SMARTS) is 1. The Morgan fingerprint density at radius 1 is 1.11 bits per heavy atom. The minimum Gasteiger partial charge on any atom is -0.508 e. The number of likely N-dealkylation sites (tertiary alicyclic amines) is 1. The quantitative estimate of drug-likeness (QED) is 0.244. The maximum atomic E-state index is 13.2. The lowest BCUT2D eigenvalue weighted by Crippen LogP contribution is -2.59. The molecule has 1 aromatic rings. The second-order valence-electron chi connectivity index (χ2n) is 9.42. The van der Waals surface area contributed by atoms with Gasteiger partial charge in [0.2, 0.25) is 17.7 Å². The number of aliphatic carboxylic acids is 1. The van der Waals surface area contributed by atoms with Crippen LogP contribution in [0.4, 0.5) is 0 Å². The van der Waals surface area contributed by atoms with E-state index in [0.717, 1.165) is 0 Å². The van der Waals surface area contributed by atoms with Crippen LogP contribution in [0.2, 0.25) is 0 Å². The van der Waals surface area contributed by atoms with Gasteiger partial charge in [-0.3, -0.25) is 14.4 Å². The van der Waals surface area contributed by atoms with E-state index in [1.54, 1.807) is 12.1 Å². The second kappa shape index (κ2) is 12.5. The predicted molar refractivity (Wildman–Crippen MR) is 127 cm³/mol. The third-order valence-corrected chi connectivity index (χ3v) is 5.94. The lowest BCUT2D eigenvalue weighted by molar-refractivity contribution is -0.146. The number of rotatable bonds is 11. The van der Waals surface area contributed by atoms with Crippen LogP contribution in [0.1, 0.15) is 45.6 Å². The largest absolute Gasteiger partial charge is 0.508 e. The lowest BCUT2D eigenvalue weighted by Gasteiger charge is -2.31. The number of nitrogens with zero attached hydrogens (tertiary/aromatic N) is 1. The summed E-state index contributed by atoms with van der Waals surface area (Å²) in [7, 11) is 0. The van der Waals surface area contributed by atoms with Crippen molar-refractivity contribution in [2.24, 2.45) is 11.7 Å². The highest BCUT2D eigenvalue weighted by Crippen LogP contribution is 2.20. The highest BCUT2D eigenvalue weighted by atomic mass is 16.4. The maximum absolute atomic E-state index is 13.2. The summed E-state index contributed by atoms with van der Waals surface area (Å²) in [5, 5.41) is 34.0. The number of aliphatic hydroxyl groups is 1. The van der Waals surface area contributed by atoms with Crippen LogP contribution >= 0.6 is 0 Å². The molecule has 0 bridgehead atoms. The molecule has 1 fully saturated rings. The van der Waals surface area contributed by atoms with Gasteiger partial charge in [-0.25, -0.2) is 4.79 Å². The number of aliphatic hydroxyl groups excluding tert-OH is 1. The summed E-state index contributed by atoms with van der Waals surface area (Å²) in [4.78, 5) is 51.6. The normalized spacial score (nSPS) is 19.0. The first kappa shape index (κ1) is 28.1. The van der Waals surface area contributed by atoms with Gasteiger partial charge in [0.05, 0.1) is 12.1 Å². The number of carbonyl (C=O) groups excluding carboxylic acids is 3. The number of nitrogens with two attached hydrogens (primary N) is 1. The molecule has 1 saturated heterocycles. The summed E-state index contributed by atoms with van der Waals surface area (Å²) >= 11 is 0. The fraction of sp³-hybridized carbons (Fsp3) is 0.583. The molecule has 11 nitrogen and oxygen atoms in total. The molecule has 11 heteroatoms. The van der Waals surface area contributed by atoms with E-state index in [1.807, 2.05) is 13.8 Å². The van der Waals surface area contributed by atoms with E-state index in [4.69, 9.17) is 5.73 Å². The first-order valence-electron chi connectivity index (χ1n) is 11.8. The molecule has 5 unspecified atom stereocenters. The topological polar surface area (TPSA) is 182 Å². The molecule has 0 spiro atoms. The molecule has 1 aliphatic rings. The third-order valence-electron chi connectivity index (χ3n) is 5.94. The number of phenols is 1. The van der Waals surface area contributed by atoms with Gasteiger partial charge in [0, 0.05) is 6.54 Å². The van der Waals surface area contributed by atoms with Crippen molar-refractivity contribution in [1.82, 2.24) is 15.5 Å². The van der Waals surface area contributed by atoms with Gasteiger partial charge in [0.15, 0.2) is 0 Å². The molecule has 1 heterocycles. The van der Waals surface area contributed by atoms with Crippen LogP contribution in [0, 0.1) is 5.92 Å². The van der Waals surface area contributed by atoms with Gasteiger partial charge in [-0.15, -0.1) is 0 Å². The average molecular weight is 493 g/mol. The summed E-state index contributed by atoms with van der Waals surface area (Å²) in [6.07, 6.45) is -0.00982. The molecule has 0 aliphatic carbocycles. The van der Waals surface area contributed by atoms with Gasteiger partial charge in [0.1, 0.15) is 23.9 Å². The molecule has 0 saturated carbocycles. The molecule has 2 rings (SSSR count). The number of hydrogen-bond acceptors (Lipinski definition) is 7. The number of nitrogens with one attached hydrogen (secondary N) is 2. The number of hydrogen-bond donors (Lipinski definition) is 6. The highest BCUT2D eigenvalue weighted by Gasteiger charge is 2.40. The van der Waals surface area contributed by atoms with Crippen molar-refractivity contribution in [1.29, 1.82) is 0 Å². The van der Waals surface area contributed by atoms with Gasteiger partial charge in [-0.2, -0.15) is 0 Å². The first-order chi connectivity index (χ1) is 16.4. The number of aromatic hydroxyl groups is 1. The van der Waals surface area contributed by atoms with Crippen molar-refractivity contribution in [3.05, 3.63) is 29.8 Å². The zero-order valence-electron chi connectivity index (χ0n) is 20.3. The Kier molecular flexibility index (Phi) is 10.0. The minimum absolute atomic E-state index is 0.0401. The van der Waals surface area contributed by atoms with E-state index in [0.29, 0.717) is 18.4 Å². The van der Waals surface area contributed by atoms with Crippen molar-refractivity contribution in [2.75, 3.05) is 6.54 Å². The molecular weight excluding hydrogens is 456 g/mol. The number of phenolic OH excluding ortho intramolecular Hbond substituents is 1. The van der Waals surface area contributed by atoms with Gasteiger partial charge in [0.25, 0.3) is 0 Å². The summed E-state index contributed by atoms with van der Waals surface area (Å²) in [6.45, 7) is 5.27. The third kappa shape index (κ3) is 7.93. The molecule has 5 atom stereocenters. The smallest absolute Gasteiger partial charge is 0.326 e. The van der Waals surface area contributed by atoms with Crippen LogP contribution in [-0.4, -0.2) is 80.7 Å². The number of benzene rings is 1. The zero-order valence-corrected chi connectivity index (χ0v) is 20.3. The summed E-state index contributed by atoms with van der Waals surface area (Å²) in [6, 6.07) is 1.86. The van der Waals surface area contributed by atoms with Crippen molar-refractivity contribution < 1.29 is 34.5 Å². The molecule has 1 aliphatic heterocycles. The van der Waals surface area contributed by atoms with E-state index >= 15 is 0 Å². The van der Waals surface area contributed by atoms with E-state index in [-0.39, 0.29) is 31.1 Å². The Morgan fingerprint density at radius 2 is 1.74 bits per heavy atom. The number of amides is 3.